The first-order chi connectivity index (χ1) is 21.1. The first-order valence-electron chi connectivity index (χ1n) is 14.4. The number of carbonyl (C=O) groups is 1. The molecule has 242 valence electrons. The zero-order chi connectivity index (χ0) is 32.6. The van der Waals surface area contributed by atoms with Gasteiger partial charge in [0.25, 0.3) is 15.9 Å². The molecule has 2 aliphatic rings. The number of aryl methyl sites for hydroxylation is 2. The van der Waals surface area contributed by atoms with Gasteiger partial charge in [-0.2, -0.15) is 41.7 Å². The van der Waals surface area contributed by atoms with Crippen molar-refractivity contribution in [2.24, 2.45) is 5.41 Å². The highest BCUT2D eigenvalue weighted by atomic mass is 32.2. The zero-order valence-corrected chi connectivity index (χ0v) is 27.8. The van der Waals surface area contributed by atoms with Gasteiger partial charge in [-0.25, -0.2) is 18.1 Å². The molecule has 0 saturated carbocycles. The molecule has 2 aliphatic heterocycles. The molecule has 1 saturated heterocycles. The molecule has 0 spiro atoms. The Morgan fingerprint density at radius 3 is 2.40 bits per heavy atom. The van der Waals surface area contributed by atoms with Gasteiger partial charge in [0.2, 0.25) is 11.8 Å². The Kier molecular flexibility index (Phi) is 9.67. The number of nitrogens with zero attached hydrogens (tertiary/aromatic N) is 3. The Labute approximate surface area is 270 Å². The van der Waals surface area contributed by atoms with E-state index in [0.29, 0.717) is 16.7 Å². The van der Waals surface area contributed by atoms with Crippen LogP contribution in [-0.4, -0.2) is 77.1 Å². The second kappa shape index (κ2) is 13.0. The minimum Gasteiger partial charge on any atom is -0.475 e. The minimum atomic E-state index is -4.55. The zero-order valence-electron chi connectivity index (χ0n) is 25.3. The Morgan fingerprint density at radius 1 is 1.07 bits per heavy atom. The van der Waals surface area contributed by atoms with Crippen LogP contribution in [0.4, 0.5) is 19.1 Å². The van der Waals surface area contributed by atoms with Crippen LogP contribution in [0.2, 0.25) is 0 Å². The maximum Gasteiger partial charge on any atom is 0.394 e. The molecule has 8 nitrogen and oxygen atoms in total. The van der Waals surface area contributed by atoms with Crippen LogP contribution in [0.3, 0.4) is 0 Å². The van der Waals surface area contributed by atoms with Crippen molar-refractivity contribution in [3.8, 4) is 17.1 Å². The van der Waals surface area contributed by atoms with Crippen molar-refractivity contribution in [3.63, 3.8) is 0 Å². The van der Waals surface area contributed by atoms with E-state index in [4.69, 9.17) is 4.74 Å². The van der Waals surface area contributed by atoms with E-state index >= 15 is 0 Å². The summed E-state index contributed by atoms with van der Waals surface area (Å²) in [7, 11) is -4.26. The summed E-state index contributed by atoms with van der Waals surface area (Å²) in [4.78, 5) is 24.0. The number of sulfonamides is 1. The molecule has 3 heterocycles. The van der Waals surface area contributed by atoms with Crippen molar-refractivity contribution in [1.29, 1.82) is 0 Å². The number of anilines is 1. The number of rotatable bonds is 7. The molecule has 45 heavy (non-hydrogen) atoms. The van der Waals surface area contributed by atoms with Gasteiger partial charge >= 0.3 is 6.18 Å². The van der Waals surface area contributed by atoms with Crippen LogP contribution in [-0.2, 0) is 10.0 Å². The normalized spacial score (nSPS) is 19.0. The molecular formula is C31H35F3N4O4S3. The lowest BCUT2D eigenvalue weighted by atomic mass is 9.84. The molecule has 3 aromatic rings. The van der Waals surface area contributed by atoms with E-state index in [2.05, 4.69) is 14.7 Å². The number of thioether (sulfide) groups is 2. The Bertz CT molecular complexity index is 1660. The van der Waals surface area contributed by atoms with Gasteiger partial charge in [-0.05, 0) is 49.6 Å². The van der Waals surface area contributed by atoms with Gasteiger partial charge < -0.3 is 9.64 Å². The number of alkyl halides is 3. The number of amides is 1. The maximum absolute atomic E-state index is 14.2. The summed E-state index contributed by atoms with van der Waals surface area (Å²) >= 11 is 3.49. The lowest BCUT2D eigenvalue weighted by molar-refractivity contribution is -0.217. The third kappa shape index (κ3) is 7.54. The van der Waals surface area contributed by atoms with Crippen LogP contribution in [0.5, 0.6) is 5.88 Å². The summed E-state index contributed by atoms with van der Waals surface area (Å²) in [6, 6.07) is 11.7. The monoisotopic (exact) mass is 680 g/mol. The highest BCUT2D eigenvalue weighted by Crippen LogP contribution is 2.42. The first-order valence-corrected chi connectivity index (χ1v) is 18.1. The fourth-order valence-electron chi connectivity index (χ4n) is 5.26. The number of carbonyl (C=O) groups excluding carboxylic acids is 1. The lowest BCUT2D eigenvalue weighted by Crippen LogP contribution is -2.49. The SMILES string of the molecule is Cc1cccc(C)c1-c1cc2nc(n1)NS(=O)(=O)c1cccc(c1)C(=O)N(CCSC1CSC1)[C@H](CC(C)(C)C(F)(F)F)CO2. The van der Waals surface area contributed by atoms with Crippen LogP contribution in [0.25, 0.3) is 11.3 Å². The summed E-state index contributed by atoms with van der Waals surface area (Å²) in [5, 5.41) is 0.421. The van der Waals surface area contributed by atoms with Gasteiger partial charge in [-0.15, -0.1) is 0 Å². The third-order valence-corrected chi connectivity index (χ3v) is 12.2. The van der Waals surface area contributed by atoms with Crippen molar-refractivity contribution >= 4 is 45.4 Å². The number of halogens is 3. The summed E-state index contributed by atoms with van der Waals surface area (Å²) < 4.78 is 78.2. The van der Waals surface area contributed by atoms with Gasteiger partial charge in [0.1, 0.15) is 6.61 Å². The molecule has 14 heteroatoms. The van der Waals surface area contributed by atoms with Crippen molar-refractivity contribution in [1.82, 2.24) is 14.9 Å². The summed E-state index contributed by atoms with van der Waals surface area (Å²) in [6.07, 6.45) is -4.99. The maximum atomic E-state index is 14.2. The fourth-order valence-corrected chi connectivity index (χ4v) is 8.66. The van der Waals surface area contributed by atoms with E-state index in [-0.39, 0.29) is 35.4 Å². The standard InChI is InChI=1S/C31H35F3N4O4S3/c1-19-7-5-8-20(2)27(19)25-14-26-36-29(35-25)37-45(40,41)24-10-6-9-21(13-24)28(39)38(11-12-44-23-17-43-18-23)22(16-42-26)15-30(3,4)31(32,33)34/h5-10,13-14,22-23H,11-12,15-18H2,1-4H3,(H,35,36,37)/t22-/m1/s1. The molecule has 4 bridgehead atoms. The molecule has 2 aromatic carbocycles. The predicted octanol–water partition coefficient (Wildman–Crippen LogP) is 6.59. The number of hydrogen-bond donors (Lipinski definition) is 1. The molecule has 5 rings (SSSR count). The number of ether oxygens (including phenoxy) is 1. The molecule has 1 fully saturated rings. The van der Waals surface area contributed by atoms with Crippen LogP contribution in [0.1, 0.15) is 41.8 Å². The molecule has 1 amide bonds. The van der Waals surface area contributed by atoms with E-state index < -0.39 is 40.0 Å². The summed E-state index contributed by atoms with van der Waals surface area (Å²) in [5.41, 5.74) is 0.769. The van der Waals surface area contributed by atoms with E-state index in [1.807, 2.05) is 43.8 Å². The van der Waals surface area contributed by atoms with E-state index in [1.165, 1.54) is 35.2 Å². The summed E-state index contributed by atoms with van der Waals surface area (Å²) in [5.74, 6) is 1.61. The van der Waals surface area contributed by atoms with E-state index in [9.17, 15) is 26.4 Å². The average Bonchev–Trinajstić information content (AvgIpc) is 2.93. The van der Waals surface area contributed by atoms with Crippen molar-refractivity contribution < 1.29 is 31.1 Å². The van der Waals surface area contributed by atoms with Crippen molar-refractivity contribution in [2.45, 2.75) is 56.5 Å². The Morgan fingerprint density at radius 2 is 1.76 bits per heavy atom. The number of benzene rings is 2. The molecule has 1 N–H and O–H groups in total. The number of fused-ring (bicyclic) bond motifs is 4. The smallest absolute Gasteiger partial charge is 0.394 e. The number of nitrogens with one attached hydrogen (secondary N) is 1. The highest BCUT2D eigenvalue weighted by Gasteiger charge is 2.49. The second-order valence-corrected chi connectivity index (χ2v) is 16.1. The molecule has 0 unspecified atom stereocenters. The van der Waals surface area contributed by atoms with Crippen molar-refractivity contribution in [2.75, 3.05) is 35.1 Å². The van der Waals surface area contributed by atoms with Crippen LogP contribution >= 0.6 is 23.5 Å². The average molecular weight is 681 g/mol. The molecular weight excluding hydrogens is 646 g/mol. The summed E-state index contributed by atoms with van der Waals surface area (Å²) in [6.45, 7) is 5.85. The van der Waals surface area contributed by atoms with Crippen molar-refractivity contribution in [3.05, 3.63) is 65.2 Å². The largest absolute Gasteiger partial charge is 0.475 e. The van der Waals surface area contributed by atoms with Crippen LogP contribution in [0.15, 0.2) is 53.4 Å². The topological polar surface area (TPSA) is 101 Å². The molecule has 0 aliphatic carbocycles. The van der Waals surface area contributed by atoms with Crippen LogP contribution in [0, 0.1) is 19.3 Å². The quantitative estimate of drug-likeness (QED) is 0.298. The van der Waals surface area contributed by atoms with Gasteiger partial charge in [-0.1, -0.05) is 38.1 Å². The third-order valence-electron chi connectivity index (χ3n) is 7.99. The highest BCUT2D eigenvalue weighted by molar-refractivity contribution is 8.07. The van der Waals surface area contributed by atoms with Gasteiger partial charge in [0.15, 0.2) is 0 Å². The first kappa shape index (κ1) is 33.4. The van der Waals surface area contributed by atoms with E-state index in [0.717, 1.165) is 42.0 Å². The number of hydrogen-bond acceptors (Lipinski definition) is 8. The second-order valence-electron chi connectivity index (χ2n) is 11.9. The Hall–Kier alpha value is -2.97. The fraction of sp³-hybridized carbons (Fsp3) is 0.452. The van der Waals surface area contributed by atoms with Gasteiger partial charge in [0.05, 0.1) is 22.0 Å². The van der Waals surface area contributed by atoms with Gasteiger partial charge in [-0.3, -0.25) is 4.79 Å². The number of aromatic nitrogens is 2. The Balaban J connectivity index is 1.63. The molecule has 1 atom stereocenters. The van der Waals surface area contributed by atoms with E-state index in [1.54, 1.807) is 11.8 Å². The predicted molar refractivity (Wildman–Crippen MR) is 173 cm³/mol. The molecule has 1 aromatic heterocycles. The van der Waals surface area contributed by atoms with Gasteiger partial charge in [0, 0.05) is 46.2 Å². The lowest BCUT2D eigenvalue weighted by Gasteiger charge is -2.38. The van der Waals surface area contributed by atoms with Crippen LogP contribution < -0.4 is 9.46 Å². The minimum absolute atomic E-state index is 0.0330. The molecule has 0 radical (unpaired) electrons.